The second-order valence-electron chi connectivity index (χ2n) is 6.39. The van der Waals surface area contributed by atoms with Gasteiger partial charge in [-0.3, -0.25) is 14.9 Å². The summed E-state index contributed by atoms with van der Waals surface area (Å²) in [4.78, 5) is 36.9. The molecule has 1 saturated heterocycles. The molecular formula is C17H21N3O6. The van der Waals surface area contributed by atoms with Crippen LogP contribution in [0.3, 0.4) is 0 Å². The smallest absolute Gasteiger partial charge is 0.339 e. The highest BCUT2D eigenvalue weighted by atomic mass is 16.6. The third-order valence-corrected chi connectivity index (χ3v) is 4.34. The van der Waals surface area contributed by atoms with E-state index in [1.807, 2.05) is 4.90 Å². The molecule has 2 aliphatic rings. The summed E-state index contributed by atoms with van der Waals surface area (Å²) in [5.74, 6) is -1.12. The molecule has 1 amide bonds. The van der Waals surface area contributed by atoms with Gasteiger partial charge in [-0.2, -0.15) is 0 Å². The standard InChI is InChI=1S/C17H21N3O6/c1-11(16(21)18-13-3-4-13)26-17(22)12-2-5-14(15(10-12)20(23)24)19-6-8-25-9-7-19/h2,5,10-11,13H,3-4,6-9H2,1H3,(H,18,21)/t11-/m0/s1. The highest BCUT2D eigenvalue weighted by Gasteiger charge is 2.28. The van der Waals surface area contributed by atoms with E-state index < -0.39 is 17.0 Å². The summed E-state index contributed by atoms with van der Waals surface area (Å²) >= 11 is 0. The van der Waals surface area contributed by atoms with E-state index in [1.165, 1.54) is 25.1 Å². The molecule has 9 heteroatoms. The summed E-state index contributed by atoms with van der Waals surface area (Å²) in [5.41, 5.74) is 0.311. The monoisotopic (exact) mass is 363 g/mol. The first-order valence-electron chi connectivity index (χ1n) is 8.58. The van der Waals surface area contributed by atoms with Gasteiger partial charge in [-0.1, -0.05) is 0 Å². The maximum absolute atomic E-state index is 12.3. The number of nitro benzene ring substituents is 1. The van der Waals surface area contributed by atoms with E-state index in [0.717, 1.165) is 12.8 Å². The Morgan fingerprint density at radius 1 is 1.35 bits per heavy atom. The number of esters is 1. The molecule has 1 aromatic carbocycles. The molecule has 1 N–H and O–H groups in total. The van der Waals surface area contributed by atoms with E-state index >= 15 is 0 Å². The number of carbonyl (C=O) groups is 2. The number of hydrogen-bond donors (Lipinski definition) is 1. The summed E-state index contributed by atoms with van der Waals surface area (Å²) in [6.07, 6.45) is 0.907. The summed E-state index contributed by atoms with van der Waals surface area (Å²) in [6, 6.07) is 4.37. The number of anilines is 1. The fourth-order valence-corrected chi connectivity index (χ4v) is 2.70. The van der Waals surface area contributed by atoms with Crippen LogP contribution in [0.1, 0.15) is 30.1 Å². The Hall–Kier alpha value is -2.68. The van der Waals surface area contributed by atoms with Gasteiger partial charge in [-0.25, -0.2) is 4.79 Å². The van der Waals surface area contributed by atoms with Crippen molar-refractivity contribution < 1.29 is 24.0 Å². The Balaban J connectivity index is 1.72. The number of amides is 1. The molecule has 0 radical (unpaired) electrons. The quantitative estimate of drug-likeness (QED) is 0.460. The van der Waals surface area contributed by atoms with Crippen molar-refractivity contribution in [3.8, 4) is 0 Å². The highest BCUT2D eigenvalue weighted by molar-refractivity contribution is 5.93. The Morgan fingerprint density at radius 2 is 2.04 bits per heavy atom. The molecule has 0 spiro atoms. The number of nitrogens with zero attached hydrogens (tertiary/aromatic N) is 2. The third-order valence-electron chi connectivity index (χ3n) is 4.34. The second kappa shape index (κ2) is 7.69. The molecular weight excluding hydrogens is 342 g/mol. The molecule has 1 aromatic rings. The topological polar surface area (TPSA) is 111 Å². The first-order chi connectivity index (χ1) is 12.5. The van der Waals surface area contributed by atoms with Crippen LogP contribution in [0, 0.1) is 10.1 Å². The van der Waals surface area contributed by atoms with E-state index in [4.69, 9.17) is 9.47 Å². The van der Waals surface area contributed by atoms with Crippen molar-refractivity contribution in [2.45, 2.75) is 31.9 Å². The zero-order chi connectivity index (χ0) is 18.7. The van der Waals surface area contributed by atoms with Crippen molar-refractivity contribution in [1.82, 2.24) is 5.32 Å². The maximum Gasteiger partial charge on any atom is 0.339 e. The van der Waals surface area contributed by atoms with Crippen LogP contribution in [-0.4, -0.2) is 55.2 Å². The van der Waals surface area contributed by atoms with Gasteiger partial charge >= 0.3 is 5.97 Å². The van der Waals surface area contributed by atoms with Crippen molar-refractivity contribution in [3.63, 3.8) is 0 Å². The van der Waals surface area contributed by atoms with Crippen LogP contribution < -0.4 is 10.2 Å². The van der Waals surface area contributed by atoms with Crippen LogP contribution in [0.2, 0.25) is 0 Å². The van der Waals surface area contributed by atoms with Crippen LogP contribution in [0.4, 0.5) is 11.4 Å². The van der Waals surface area contributed by atoms with Crippen molar-refractivity contribution in [2.24, 2.45) is 0 Å². The molecule has 1 heterocycles. The van der Waals surface area contributed by atoms with Gasteiger partial charge in [0.1, 0.15) is 5.69 Å². The largest absolute Gasteiger partial charge is 0.449 e. The molecule has 9 nitrogen and oxygen atoms in total. The lowest BCUT2D eigenvalue weighted by Gasteiger charge is -2.28. The first-order valence-corrected chi connectivity index (χ1v) is 8.58. The van der Waals surface area contributed by atoms with Crippen LogP contribution in [0.5, 0.6) is 0 Å². The van der Waals surface area contributed by atoms with Crippen molar-refractivity contribution in [3.05, 3.63) is 33.9 Å². The van der Waals surface area contributed by atoms with Gasteiger partial charge in [0.2, 0.25) is 0 Å². The minimum Gasteiger partial charge on any atom is -0.449 e. The molecule has 2 fully saturated rings. The molecule has 140 valence electrons. The zero-order valence-corrected chi connectivity index (χ0v) is 14.5. The molecule has 1 saturated carbocycles. The van der Waals surface area contributed by atoms with Crippen LogP contribution in [-0.2, 0) is 14.3 Å². The molecule has 3 rings (SSSR count). The molecule has 0 unspecified atom stereocenters. The van der Waals surface area contributed by atoms with Gasteiger partial charge in [-0.05, 0) is 31.9 Å². The third kappa shape index (κ3) is 4.29. The number of nitrogens with one attached hydrogen (secondary N) is 1. The van der Waals surface area contributed by atoms with Gasteiger partial charge in [0.15, 0.2) is 6.10 Å². The average molecular weight is 363 g/mol. The number of ether oxygens (including phenoxy) is 2. The summed E-state index contributed by atoms with van der Waals surface area (Å²) in [7, 11) is 0. The first kappa shape index (κ1) is 18.1. The SMILES string of the molecule is C[C@H](OC(=O)c1ccc(N2CCOCC2)c([N+](=O)[O-])c1)C(=O)NC1CC1. The zero-order valence-electron chi connectivity index (χ0n) is 14.5. The van der Waals surface area contributed by atoms with E-state index in [0.29, 0.717) is 32.0 Å². The van der Waals surface area contributed by atoms with E-state index in [1.54, 1.807) is 0 Å². The molecule has 1 aliphatic carbocycles. The average Bonchev–Trinajstić information content (AvgIpc) is 3.45. The van der Waals surface area contributed by atoms with Crippen LogP contribution in [0.15, 0.2) is 18.2 Å². The molecule has 1 aliphatic heterocycles. The second-order valence-corrected chi connectivity index (χ2v) is 6.39. The number of hydrogen-bond acceptors (Lipinski definition) is 7. The normalized spacial score (nSPS) is 18.1. The minimum absolute atomic E-state index is 0.0415. The molecule has 0 bridgehead atoms. The number of nitro groups is 1. The molecule has 0 aromatic heterocycles. The Morgan fingerprint density at radius 3 is 2.65 bits per heavy atom. The number of carbonyl (C=O) groups excluding carboxylic acids is 2. The summed E-state index contributed by atoms with van der Waals surface area (Å²) < 4.78 is 10.4. The molecule has 26 heavy (non-hydrogen) atoms. The Kier molecular flexibility index (Phi) is 5.36. The lowest BCUT2D eigenvalue weighted by atomic mass is 10.1. The van der Waals surface area contributed by atoms with Gasteiger partial charge in [0.25, 0.3) is 11.6 Å². The van der Waals surface area contributed by atoms with Crippen molar-refractivity contribution in [2.75, 3.05) is 31.2 Å². The van der Waals surface area contributed by atoms with Gasteiger partial charge in [0, 0.05) is 25.2 Å². The van der Waals surface area contributed by atoms with Gasteiger partial charge in [-0.15, -0.1) is 0 Å². The lowest BCUT2D eigenvalue weighted by molar-refractivity contribution is -0.384. The van der Waals surface area contributed by atoms with Crippen molar-refractivity contribution in [1.29, 1.82) is 0 Å². The van der Waals surface area contributed by atoms with Crippen molar-refractivity contribution >= 4 is 23.3 Å². The minimum atomic E-state index is -0.957. The van der Waals surface area contributed by atoms with Crippen LogP contribution in [0.25, 0.3) is 0 Å². The molecule has 1 atom stereocenters. The highest BCUT2D eigenvalue weighted by Crippen LogP contribution is 2.30. The predicted octanol–water partition coefficient (Wildman–Crippen LogP) is 1.26. The fraction of sp³-hybridized carbons (Fsp3) is 0.529. The predicted molar refractivity (Wildman–Crippen MR) is 92.2 cm³/mol. The van der Waals surface area contributed by atoms with E-state index in [9.17, 15) is 19.7 Å². The number of morpholine rings is 1. The lowest BCUT2D eigenvalue weighted by Crippen LogP contribution is -2.37. The fourth-order valence-electron chi connectivity index (χ4n) is 2.70. The Labute approximate surface area is 150 Å². The number of benzene rings is 1. The number of rotatable bonds is 6. The summed E-state index contributed by atoms with van der Waals surface area (Å²) in [6.45, 7) is 3.56. The Bertz CT molecular complexity index is 712. The van der Waals surface area contributed by atoms with Gasteiger partial charge < -0.3 is 19.7 Å². The summed E-state index contributed by atoms with van der Waals surface area (Å²) in [5, 5.41) is 14.2. The van der Waals surface area contributed by atoms with Crippen LogP contribution >= 0.6 is 0 Å². The van der Waals surface area contributed by atoms with E-state index in [-0.39, 0.29) is 23.2 Å². The maximum atomic E-state index is 12.3. The van der Waals surface area contributed by atoms with E-state index in [2.05, 4.69) is 5.32 Å². The van der Waals surface area contributed by atoms with Gasteiger partial charge in [0.05, 0.1) is 23.7 Å².